The SMILES string of the molecule is O=C1CNC(=O)N1Cc1csc(=O)[nH]1. The summed E-state index contributed by atoms with van der Waals surface area (Å²) in [6.07, 6.45) is 0. The zero-order valence-corrected chi connectivity index (χ0v) is 7.89. The van der Waals surface area contributed by atoms with Gasteiger partial charge in [0.25, 0.3) is 0 Å². The van der Waals surface area contributed by atoms with E-state index in [0.29, 0.717) is 5.69 Å². The molecule has 0 radical (unpaired) electrons. The van der Waals surface area contributed by atoms with Crippen molar-refractivity contribution in [1.29, 1.82) is 0 Å². The number of hydrogen-bond acceptors (Lipinski definition) is 4. The van der Waals surface area contributed by atoms with Crippen molar-refractivity contribution < 1.29 is 9.59 Å². The second kappa shape index (κ2) is 3.26. The van der Waals surface area contributed by atoms with Gasteiger partial charge in [0.05, 0.1) is 13.1 Å². The molecule has 3 amide bonds. The van der Waals surface area contributed by atoms with Crippen LogP contribution in [0.2, 0.25) is 0 Å². The van der Waals surface area contributed by atoms with E-state index in [9.17, 15) is 14.4 Å². The summed E-state index contributed by atoms with van der Waals surface area (Å²) in [6, 6.07) is -0.415. The first-order valence-electron chi connectivity index (χ1n) is 3.91. The molecule has 1 aliphatic rings. The van der Waals surface area contributed by atoms with E-state index in [1.165, 1.54) is 0 Å². The first-order chi connectivity index (χ1) is 6.66. The summed E-state index contributed by atoms with van der Waals surface area (Å²) in [5.41, 5.74) is 0.574. The van der Waals surface area contributed by atoms with E-state index >= 15 is 0 Å². The first kappa shape index (κ1) is 8.95. The second-order valence-electron chi connectivity index (χ2n) is 2.81. The van der Waals surface area contributed by atoms with Crippen LogP contribution in [0.15, 0.2) is 10.2 Å². The average molecular weight is 213 g/mol. The third-order valence-corrected chi connectivity index (χ3v) is 2.55. The lowest BCUT2D eigenvalue weighted by Gasteiger charge is -2.09. The molecule has 1 fully saturated rings. The van der Waals surface area contributed by atoms with E-state index < -0.39 is 6.03 Å². The van der Waals surface area contributed by atoms with Crippen LogP contribution in [0.3, 0.4) is 0 Å². The van der Waals surface area contributed by atoms with Gasteiger partial charge in [0, 0.05) is 11.1 Å². The Kier molecular flexibility index (Phi) is 2.08. The summed E-state index contributed by atoms with van der Waals surface area (Å²) < 4.78 is 0. The van der Waals surface area contributed by atoms with Gasteiger partial charge in [-0.3, -0.25) is 14.5 Å². The van der Waals surface area contributed by atoms with E-state index in [2.05, 4.69) is 10.3 Å². The topological polar surface area (TPSA) is 82.3 Å². The Balaban J connectivity index is 2.14. The number of urea groups is 1. The molecule has 6 nitrogen and oxygen atoms in total. The third-order valence-electron chi connectivity index (χ3n) is 1.84. The van der Waals surface area contributed by atoms with E-state index in [-0.39, 0.29) is 23.9 Å². The molecule has 1 aromatic heterocycles. The number of hydrogen-bond donors (Lipinski definition) is 2. The van der Waals surface area contributed by atoms with Crippen molar-refractivity contribution in [2.45, 2.75) is 6.54 Å². The largest absolute Gasteiger partial charge is 0.329 e. The van der Waals surface area contributed by atoms with Crippen molar-refractivity contribution in [3.05, 3.63) is 20.7 Å². The van der Waals surface area contributed by atoms with Gasteiger partial charge in [-0.1, -0.05) is 11.3 Å². The van der Waals surface area contributed by atoms with Gasteiger partial charge in [-0.2, -0.15) is 0 Å². The number of H-pyrrole nitrogens is 1. The number of imide groups is 1. The molecular weight excluding hydrogens is 206 g/mol. The molecule has 7 heteroatoms. The Morgan fingerprint density at radius 3 is 2.71 bits per heavy atom. The molecule has 2 rings (SSSR count). The van der Waals surface area contributed by atoms with Crippen molar-refractivity contribution in [2.24, 2.45) is 0 Å². The standard InChI is InChI=1S/C7H7N3O3S/c11-5-1-8-6(12)10(5)2-4-3-14-7(13)9-4/h3H,1-2H2,(H,8,12)(H,9,13). The highest BCUT2D eigenvalue weighted by Crippen LogP contribution is 2.06. The molecule has 1 aliphatic heterocycles. The molecule has 2 heterocycles. The van der Waals surface area contributed by atoms with Gasteiger partial charge in [-0.05, 0) is 0 Å². The summed E-state index contributed by atoms with van der Waals surface area (Å²) in [6.45, 7) is 0.163. The number of carbonyl (C=O) groups is 2. The highest BCUT2D eigenvalue weighted by molar-refractivity contribution is 7.07. The molecule has 0 aliphatic carbocycles. The number of nitrogens with one attached hydrogen (secondary N) is 2. The quantitative estimate of drug-likeness (QED) is 0.649. The van der Waals surface area contributed by atoms with Crippen LogP contribution in [0.4, 0.5) is 4.79 Å². The normalized spacial score (nSPS) is 16.1. The number of amides is 3. The lowest BCUT2D eigenvalue weighted by molar-refractivity contribution is -0.125. The Bertz CT molecular complexity index is 419. The maximum Gasteiger partial charge on any atom is 0.324 e. The summed E-state index contributed by atoms with van der Waals surface area (Å²) in [5.74, 6) is -0.276. The molecule has 1 aromatic rings. The van der Waals surface area contributed by atoms with E-state index in [4.69, 9.17) is 0 Å². The molecule has 0 aromatic carbocycles. The predicted molar refractivity (Wildman–Crippen MR) is 48.9 cm³/mol. The number of rotatable bonds is 2. The van der Waals surface area contributed by atoms with Crippen LogP contribution in [-0.2, 0) is 11.3 Å². The van der Waals surface area contributed by atoms with Crippen LogP contribution in [0.5, 0.6) is 0 Å². The minimum Gasteiger partial charge on any atom is -0.329 e. The fraction of sp³-hybridized carbons (Fsp3) is 0.286. The Morgan fingerprint density at radius 2 is 2.21 bits per heavy atom. The highest BCUT2D eigenvalue weighted by atomic mass is 32.1. The summed E-state index contributed by atoms with van der Waals surface area (Å²) >= 11 is 1.01. The van der Waals surface area contributed by atoms with Crippen LogP contribution in [0.25, 0.3) is 0 Å². The Hall–Kier alpha value is -1.63. The molecular formula is C7H7N3O3S. The van der Waals surface area contributed by atoms with Crippen LogP contribution in [0.1, 0.15) is 5.69 Å². The predicted octanol–water partition coefficient (Wildman–Crippen LogP) is -0.512. The number of thiazole rings is 1. The van der Waals surface area contributed by atoms with Crippen LogP contribution in [0, 0.1) is 0 Å². The van der Waals surface area contributed by atoms with Gasteiger partial charge in [0.15, 0.2) is 0 Å². The molecule has 14 heavy (non-hydrogen) atoms. The van der Waals surface area contributed by atoms with Crippen molar-refractivity contribution >= 4 is 23.3 Å². The number of nitrogens with zero attached hydrogens (tertiary/aromatic N) is 1. The van der Waals surface area contributed by atoms with Crippen LogP contribution in [-0.4, -0.2) is 28.4 Å². The van der Waals surface area contributed by atoms with Gasteiger partial charge in [0.1, 0.15) is 0 Å². The van der Waals surface area contributed by atoms with Crippen molar-refractivity contribution in [3.8, 4) is 0 Å². The molecule has 0 unspecified atom stereocenters. The van der Waals surface area contributed by atoms with Gasteiger partial charge < -0.3 is 10.3 Å². The number of aromatic nitrogens is 1. The Morgan fingerprint density at radius 1 is 1.43 bits per heavy atom. The minimum atomic E-state index is -0.415. The lowest BCUT2D eigenvalue weighted by Crippen LogP contribution is -2.30. The average Bonchev–Trinajstić information content (AvgIpc) is 2.67. The second-order valence-corrected chi connectivity index (χ2v) is 3.65. The highest BCUT2D eigenvalue weighted by Gasteiger charge is 2.28. The molecule has 0 atom stereocenters. The molecule has 2 N–H and O–H groups in total. The van der Waals surface area contributed by atoms with Crippen molar-refractivity contribution in [3.63, 3.8) is 0 Å². The maximum atomic E-state index is 11.1. The van der Waals surface area contributed by atoms with Gasteiger partial charge in [-0.25, -0.2) is 4.79 Å². The monoisotopic (exact) mass is 213 g/mol. The maximum absolute atomic E-state index is 11.1. The van der Waals surface area contributed by atoms with Crippen molar-refractivity contribution in [2.75, 3.05) is 6.54 Å². The van der Waals surface area contributed by atoms with Crippen molar-refractivity contribution in [1.82, 2.24) is 15.2 Å². The smallest absolute Gasteiger partial charge is 0.324 e. The van der Waals surface area contributed by atoms with E-state index in [1.54, 1.807) is 5.38 Å². The summed E-state index contributed by atoms with van der Waals surface area (Å²) in [4.78, 5) is 36.4. The fourth-order valence-corrected chi connectivity index (χ4v) is 1.75. The van der Waals surface area contributed by atoms with Crippen LogP contribution < -0.4 is 10.2 Å². The molecule has 1 saturated heterocycles. The lowest BCUT2D eigenvalue weighted by atomic mass is 10.4. The zero-order chi connectivity index (χ0) is 10.1. The summed E-state index contributed by atoms with van der Waals surface area (Å²) in [7, 11) is 0. The summed E-state index contributed by atoms with van der Waals surface area (Å²) in [5, 5.41) is 3.99. The third kappa shape index (κ3) is 1.53. The molecule has 0 bridgehead atoms. The Labute approximate surface area is 82.5 Å². The van der Waals surface area contributed by atoms with E-state index in [1.807, 2.05) is 0 Å². The van der Waals surface area contributed by atoms with Gasteiger partial charge in [0.2, 0.25) is 5.91 Å². The number of aromatic amines is 1. The first-order valence-corrected chi connectivity index (χ1v) is 4.79. The molecule has 0 saturated carbocycles. The van der Waals surface area contributed by atoms with Gasteiger partial charge in [-0.15, -0.1) is 0 Å². The minimum absolute atomic E-state index is 0.0349. The zero-order valence-electron chi connectivity index (χ0n) is 7.07. The van der Waals surface area contributed by atoms with Crippen LogP contribution >= 0.6 is 11.3 Å². The van der Waals surface area contributed by atoms with E-state index in [0.717, 1.165) is 16.2 Å². The fourth-order valence-electron chi connectivity index (χ4n) is 1.18. The molecule has 74 valence electrons. The molecule has 0 spiro atoms. The van der Waals surface area contributed by atoms with Gasteiger partial charge >= 0.3 is 10.9 Å². The number of carbonyl (C=O) groups excluding carboxylic acids is 2.